The average Bonchev–Trinajstić information content (AvgIpc) is 2.17. The molecule has 0 saturated carbocycles. The number of halogens is 1. The molecule has 0 saturated heterocycles. The van der Waals surface area contributed by atoms with Crippen LogP contribution >= 0.6 is 11.6 Å². The standard InChI is InChI=1S/C10H10ClNO2/c11-8-3-1-2-6-4-9(10(13)14)12-5-7(6)8/h1-3,9,12H,4-5H2,(H,13,14). The Morgan fingerprint density at radius 2 is 2.36 bits per heavy atom. The maximum absolute atomic E-state index is 10.8. The molecule has 1 heterocycles. The first-order valence-corrected chi connectivity index (χ1v) is 4.78. The molecule has 1 aliphatic heterocycles. The lowest BCUT2D eigenvalue weighted by Gasteiger charge is -2.23. The highest BCUT2D eigenvalue weighted by molar-refractivity contribution is 6.31. The van der Waals surface area contributed by atoms with Crippen molar-refractivity contribution < 1.29 is 9.90 Å². The van der Waals surface area contributed by atoms with Gasteiger partial charge in [0.15, 0.2) is 0 Å². The van der Waals surface area contributed by atoms with Crippen LogP contribution in [0.2, 0.25) is 5.02 Å². The lowest BCUT2D eigenvalue weighted by molar-refractivity contribution is -0.139. The number of nitrogens with one attached hydrogen (secondary N) is 1. The number of hydrogen-bond donors (Lipinski definition) is 2. The molecule has 0 radical (unpaired) electrons. The van der Waals surface area contributed by atoms with Gasteiger partial charge in [-0.3, -0.25) is 10.1 Å². The maximum atomic E-state index is 10.8. The minimum absolute atomic E-state index is 0.485. The summed E-state index contributed by atoms with van der Waals surface area (Å²) >= 11 is 5.98. The van der Waals surface area contributed by atoms with Crippen molar-refractivity contribution in [2.45, 2.75) is 19.0 Å². The van der Waals surface area contributed by atoms with Crippen LogP contribution in [0.1, 0.15) is 11.1 Å². The summed E-state index contributed by atoms with van der Waals surface area (Å²) in [6.07, 6.45) is 0.505. The Hall–Kier alpha value is -1.06. The van der Waals surface area contributed by atoms with Crippen LogP contribution in [-0.4, -0.2) is 17.1 Å². The number of aliphatic carboxylic acids is 1. The van der Waals surface area contributed by atoms with Gasteiger partial charge in [-0.25, -0.2) is 0 Å². The minimum atomic E-state index is -0.810. The Bertz CT molecular complexity index is 378. The Morgan fingerprint density at radius 3 is 3.07 bits per heavy atom. The van der Waals surface area contributed by atoms with Crippen molar-refractivity contribution in [3.8, 4) is 0 Å². The molecule has 1 atom stereocenters. The van der Waals surface area contributed by atoms with E-state index in [2.05, 4.69) is 5.32 Å². The second-order valence-electron chi connectivity index (χ2n) is 3.35. The molecule has 3 nitrogen and oxygen atoms in total. The molecule has 14 heavy (non-hydrogen) atoms. The minimum Gasteiger partial charge on any atom is -0.480 e. The van der Waals surface area contributed by atoms with Crippen LogP contribution in [0, 0.1) is 0 Å². The second kappa shape index (κ2) is 3.59. The van der Waals surface area contributed by atoms with Gasteiger partial charge in [-0.15, -0.1) is 0 Å². The van der Waals surface area contributed by atoms with E-state index < -0.39 is 12.0 Å². The molecule has 0 bridgehead atoms. The van der Waals surface area contributed by atoms with E-state index in [1.165, 1.54) is 0 Å². The summed E-state index contributed by atoms with van der Waals surface area (Å²) in [5.74, 6) is -0.810. The fourth-order valence-corrected chi connectivity index (χ4v) is 1.95. The summed E-state index contributed by atoms with van der Waals surface area (Å²) in [6.45, 7) is 0.534. The number of carboxylic acids is 1. The number of carboxylic acid groups (broad SMARTS) is 1. The third-order valence-electron chi connectivity index (χ3n) is 2.46. The topological polar surface area (TPSA) is 49.3 Å². The summed E-state index contributed by atoms with van der Waals surface area (Å²) in [7, 11) is 0. The van der Waals surface area contributed by atoms with Gasteiger partial charge in [-0.1, -0.05) is 23.7 Å². The first kappa shape index (κ1) is 9.49. The van der Waals surface area contributed by atoms with Crippen molar-refractivity contribution in [1.29, 1.82) is 0 Å². The van der Waals surface area contributed by atoms with Crippen LogP contribution in [0.25, 0.3) is 0 Å². The van der Waals surface area contributed by atoms with Gasteiger partial charge in [0, 0.05) is 11.6 Å². The van der Waals surface area contributed by atoms with E-state index in [1.54, 1.807) is 0 Å². The van der Waals surface area contributed by atoms with Crippen LogP contribution < -0.4 is 5.32 Å². The van der Waals surface area contributed by atoms with Crippen molar-refractivity contribution in [1.82, 2.24) is 5.32 Å². The molecule has 0 amide bonds. The molecule has 1 aromatic rings. The van der Waals surface area contributed by atoms with Crippen molar-refractivity contribution in [3.63, 3.8) is 0 Å². The summed E-state index contributed by atoms with van der Waals surface area (Å²) in [5, 5.41) is 12.5. The van der Waals surface area contributed by atoms with Crippen molar-refractivity contribution in [2.24, 2.45) is 0 Å². The smallest absolute Gasteiger partial charge is 0.321 e. The zero-order valence-electron chi connectivity index (χ0n) is 7.46. The number of hydrogen-bond acceptors (Lipinski definition) is 2. The summed E-state index contributed by atoms with van der Waals surface area (Å²) in [4.78, 5) is 10.8. The SMILES string of the molecule is O=C(O)C1Cc2cccc(Cl)c2CN1. The quantitative estimate of drug-likeness (QED) is 0.739. The molecule has 1 aliphatic rings. The van der Waals surface area contributed by atoms with Gasteiger partial charge in [-0.05, 0) is 23.6 Å². The molecule has 1 aromatic carbocycles. The number of carbonyl (C=O) groups is 1. The van der Waals surface area contributed by atoms with Crippen LogP contribution in [0.5, 0.6) is 0 Å². The fraction of sp³-hybridized carbons (Fsp3) is 0.300. The van der Waals surface area contributed by atoms with E-state index in [0.717, 1.165) is 11.1 Å². The molecule has 4 heteroatoms. The largest absolute Gasteiger partial charge is 0.480 e. The van der Waals surface area contributed by atoms with Crippen LogP contribution in [-0.2, 0) is 17.8 Å². The van der Waals surface area contributed by atoms with Gasteiger partial charge in [0.25, 0.3) is 0 Å². The number of benzene rings is 1. The lowest BCUT2D eigenvalue weighted by Crippen LogP contribution is -2.41. The second-order valence-corrected chi connectivity index (χ2v) is 3.76. The lowest BCUT2D eigenvalue weighted by atomic mass is 9.96. The van der Waals surface area contributed by atoms with E-state index >= 15 is 0 Å². The van der Waals surface area contributed by atoms with E-state index in [1.807, 2.05) is 18.2 Å². The molecule has 2 rings (SSSR count). The average molecular weight is 212 g/mol. The van der Waals surface area contributed by atoms with Crippen molar-refractivity contribution >= 4 is 17.6 Å². The van der Waals surface area contributed by atoms with E-state index in [0.29, 0.717) is 18.0 Å². The normalized spacial score (nSPS) is 20.2. The van der Waals surface area contributed by atoms with E-state index in [-0.39, 0.29) is 0 Å². The van der Waals surface area contributed by atoms with Crippen molar-refractivity contribution in [2.75, 3.05) is 0 Å². The van der Waals surface area contributed by atoms with Crippen LogP contribution in [0.3, 0.4) is 0 Å². The molecule has 0 aromatic heterocycles. The van der Waals surface area contributed by atoms with Gasteiger partial charge < -0.3 is 5.11 Å². The fourth-order valence-electron chi connectivity index (χ4n) is 1.68. The Kier molecular flexibility index (Phi) is 2.44. The predicted molar refractivity (Wildman–Crippen MR) is 53.4 cm³/mol. The Labute approximate surface area is 86.7 Å². The van der Waals surface area contributed by atoms with Crippen LogP contribution in [0.4, 0.5) is 0 Å². The molecule has 1 unspecified atom stereocenters. The van der Waals surface area contributed by atoms with Gasteiger partial charge in [0.1, 0.15) is 6.04 Å². The van der Waals surface area contributed by atoms with Gasteiger partial charge in [0.2, 0.25) is 0 Å². The summed E-state index contributed by atoms with van der Waals surface area (Å²) in [5.41, 5.74) is 2.05. The molecule has 74 valence electrons. The molecular weight excluding hydrogens is 202 g/mol. The maximum Gasteiger partial charge on any atom is 0.321 e. The molecule has 0 spiro atoms. The third kappa shape index (κ3) is 1.61. The van der Waals surface area contributed by atoms with Gasteiger partial charge >= 0.3 is 5.97 Å². The highest BCUT2D eigenvalue weighted by Gasteiger charge is 2.24. The highest BCUT2D eigenvalue weighted by atomic mass is 35.5. The Balaban J connectivity index is 2.31. The third-order valence-corrected chi connectivity index (χ3v) is 2.82. The Morgan fingerprint density at radius 1 is 1.57 bits per heavy atom. The van der Waals surface area contributed by atoms with Gasteiger partial charge in [-0.2, -0.15) is 0 Å². The molecule has 0 fully saturated rings. The molecular formula is C10H10ClNO2. The number of fused-ring (bicyclic) bond motifs is 1. The summed E-state index contributed by atoms with van der Waals surface area (Å²) in [6, 6.07) is 5.12. The van der Waals surface area contributed by atoms with E-state index in [9.17, 15) is 4.79 Å². The van der Waals surface area contributed by atoms with Crippen molar-refractivity contribution in [3.05, 3.63) is 34.3 Å². The highest BCUT2D eigenvalue weighted by Crippen LogP contribution is 2.24. The monoisotopic (exact) mass is 211 g/mol. The van der Waals surface area contributed by atoms with E-state index in [4.69, 9.17) is 16.7 Å². The first-order valence-electron chi connectivity index (χ1n) is 4.41. The zero-order valence-corrected chi connectivity index (χ0v) is 8.21. The predicted octanol–water partition coefficient (Wildman–Crippen LogP) is 1.44. The van der Waals surface area contributed by atoms with Gasteiger partial charge in [0.05, 0.1) is 0 Å². The molecule has 0 aliphatic carbocycles. The first-order chi connectivity index (χ1) is 6.68. The van der Waals surface area contributed by atoms with Crippen LogP contribution in [0.15, 0.2) is 18.2 Å². The zero-order chi connectivity index (χ0) is 10.1. The number of rotatable bonds is 1. The molecule has 2 N–H and O–H groups in total. The summed E-state index contributed by atoms with van der Waals surface area (Å²) < 4.78 is 0.